The molecule has 1 aromatic rings. The van der Waals surface area contributed by atoms with E-state index in [2.05, 4.69) is 16.0 Å². The number of rotatable bonds is 6. The summed E-state index contributed by atoms with van der Waals surface area (Å²) in [4.78, 5) is 23.2. The highest BCUT2D eigenvalue weighted by Gasteiger charge is 2.15. The lowest BCUT2D eigenvalue weighted by molar-refractivity contribution is -0.119. The van der Waals surface area contributed by atoms with Crippen molar-refractivity contribution in [3.8, 4) is 0 Å². The van der Waals surface area contributed by atoms with Crippen LogP contribution in [0.15, 0.2) is 54.8 Å². The Hall–Kier alpha value is -2.76. The van der Waals surface area contributed by atoms with Crippen LogP contribution in [0, 0.1) is 6.04 Å². The van der Waals surface area contributed by atoms with E-state index in [1.807, 2.05) is 30.3 Å². The molecule has 0 saturated carbocycles. The Morgan fingerprint density at radius 3 is 2.55 bits per heavy atom. The molecule has 0 bridgehead atoms. The van der Waals surface area contributed by atoms with Crippen LogP contribution >= 0.6 is 0 Å². The van der Waals surface area contributed by atoms with E-state index in [0.29, 0.717) is 19.1 Å². The molecule has 1 aliphatic heterocycles. The molecule has 22 heavy (non-hydrogen) atoms. The summed E-state index contributed by atoms with van der Waals surface area (Å²) in [6.45, 7) is 0.839. The number of hydrogen-bond donors (Lipinski definition) is 3. The molecule has 0 aliphatic carbocycles. The minimum atomic E-state index is -0.510. The number of nitrogens with one attached hydrogen (secondary N) is 3. The molecule has 0 saturated heterocycles. The zero-order valence-electron chi connectivity index (χ0n) is 12.0. The molecular formula is C16H18N3O3. The first-order chi connectivity index (χ1) is 10.8. The molecule has 1 aliphatic rings. The van der Waals surface area contributed by atoms with Crippen LogP contribution in [0.5, 0.6) is 0 Å². The van der Waals surface area contributed by atoms with E-state index in [9.17, 15) is 9.59 Å². The fourth-order valence-electron chi connectivity index (χ4n) is 1.74. The summed E-state index contributed by atoms with van der Waals surface area (Å²) in [6.07, 6.45) is 6.40. The van der Waals surface area contributed by atoms with Crippen molar-refractivity contribution in [2.45, 2.75) is 6.61 Å². The number of carbonyl (C=O) groups is 2. The van der Waals surface area contributed by atoms with Crippen molar-refractivity contribution in [2.75, 3.05) is 13.1 Å². The third kappa shape index (κ3) is 5.32. The first-order valence-electron chi connectivity index (χ1n) is 6.95. The molecule has 3 N–H and O–H groups in total. The number of dihydropyridines is 1. The van der Waals surface area contributed by atoms with Crippen LogP contribution in [-0.4, -0.2) is 25.1 Å². The van der Waals surface area contributed by atoms with Gasteiger partial charge in [0, 0.05) is 13.1 Å². The SMILES string of the molecule is O=C(NCCNC(=O)[C]1C=CC=CN1)OCc1ccccc1. The molecule has 0 atom stereocenters. The minimum absolute atomic E-state index is 0.220. The monoisotopic (exact) mass is 300 g/mol. The molecule has 0 aromatic heterocycles. The van der Waals surface area contributed by atoms with E-state index >= 15 is 0 Å². The summed E-state index contributed by atoms with van der Waals surface area (Å²) in [5.41, 5.74) is 0.922. The van der Waals surface area contributed by atoms with Gasteiger partial charge in [0.15, 0.2) is 6.04 Å². The van der Waals surface area contributed by atoms with Crippen molar-refractivity contribution >= 4 is 12.0 Å². The maximum Gasteiger partial charge on any atom is 0.407 e. The Bertz CT molecular complexity index is 555. The fraction of sp³-hybridized carbons (Fsp3) is 0.188. The molecule has 1 heterocycles. The van der Waals surface area contributed by atoms with E-state index in [-0.39, 0.29) is 12.5 Å². The van der Waals surface area contributed by atoms with E-state index in [1.54, 1.807) is 24.4 Å². The van der Waals surface area contributed by atoms with Crippen LogP contribution in [-0.2, 0) is 16.1 Å². The van der Waals surface area contributed by atoms with Gasteiger partial charge in [-0.15, -0.1) is 0 Å². The van der Waals surface area contributed by atoms with Gasteiger partial charge in [-0.05, 0) is 23.9 Å². The molecule has 0 spiro atoms. The molecule has 1 aromatic carbocycles. The number of benzene rings is 1. The molecule has 2 amide bonds. The van der Waals surface area contributed by atoms with Gasteiger partial charge in [-0.3, -0.25) is 4.79 Å². The average molecular weight is 300 g/mol. The second kappa shape index (κ2) is 8.51. The summed E-state index contributed by atoms with van der Waals surface area (Å²) in [7, 11) is 0. The summed E-state index contributed by atoms with van der Waals surface area (Å²) in [6, 6.07) is 9.89. The van der Waals surface area contributed by atoms with Crippen molar-refractivity contribution in [3.63, 3.8) is 0 Å². The first kappa shape index (κ1) is 15.6. The Morgan fingerprint density at radius 1 is 1.05 bits per heavy atom. The molecule has 0 unspecified atom stereocenters. The third-order valence-electron chi connectivity index (χ3n) is 2.85. The van der Waals surface area contributed by atoms with Gasteiger partial charge >= 0.3 is 6.09 Å². The van der Waals surface area contributed by atoms with Gasteiger partial charge in [0.05, 0.1) is 0 Å². The normalized spacial score (nSPS) is 13.3. The fourth-order valence-corrected chi connectivity index (χ4v) is 1.74. The van der Waals surface area contributed by atoms with Crippen molar-refractivity contribution in [1.29, 1.82) is 0 Å². The number of amides is 2. The highest BCUT2D eigenvalue weighted by Crippen LogP contribution is 2.02. The highest BCUT2D eigenvalue weighted by molar-refractivity contribution is 5.92. The van der Waals surface area contributed by atoms with Crippen molar-refractivity contribution < 1.29 is 14.3 Å². The predicted molar refractivity (Wildman–Crippen MR) is 82.3 cm³/mol. The van der Waals surface area contributed by atoms with Gasteiger partial charge in [-0.1, -0.05) is 36.4 Å². The Morgan fingerprint density at radius 2 is 1.82 bits per heavy atom. The highest BCUT2D eigenvalue weighted by atomic mass is 16.5. The standard InChI is InChI=1S/C16H18N3O3/c20-15(14-8-4-5-9-17-14)18-10-11-19-16(21)22-12-13-6-2-1-3-7-13/h1-9,17H,10-12H2,(H,18,20)(H,19,21). The predicted octanol–water partition coefficient (Wildman–Crippen LogP) is 1.23. The average Bonchev–Trinajstić information content (AvgIpc) is 2.58. The Balaban J connectivity index is 1.56. The largest absolute Gasteiger partial charge is 0.445 e. The van der Waals surface area contributed by atoms with Gasteiger partial charge in [0.25, 0.3) is 5.91 Å². The number of ether oxygens (including phenoxy) is 1. The molecule has 0 fully saturated rings. The third-order valence-corrected chi connectivity index (χ3v) is 2.85. The summed E-state index contributed by atoms with van der Waals surface area (Å²) >= 11 is 0. The summed E-state index contributed by atoms with van der Waals surface area (Å²) in [5.74, 6) is -0.222. The second-order valence-corrected chi connectivity index (χ2v) is 4.52. The molecule has 2 rings (SSSR count). The van der Waals surface area contributed by atoms with Crippen molar-refractivity contribution in [2.24, 2.45) is 0 Å². The van der Waals surface area contributed by atoms with E-state index < -0.39 is 6.09 Å². The lowest BCUT2D eigenvalue weighted by atomic mass is 10.2. The molecule has 6 heteroatoms. The Labute approximate surface area is 129 Å². The van der Waals surface area contributed by atoms with Crippen LogP contribution in [0.25, 0.3) is 0 Å². The lowest BCUT2D eigenvalue weighted by Gasteiger charge is -2.14. The number of hydrogen-bond acceptors (Lipinski definition) is 4. The van der Waals surface area contributed by atoms with Crippen molar-refractivity contribution in [3.05, 3.63) is 66.4 Å². The Kier molecular flexibility index (Phi) is 6.04. The zero-order chi connectivity index (χ0) is 15.6. The molecule has 6 nitrogen and oxygen atoms in total. The van der Waals surface area contributed by atoms with Gasteiger partial charge in [0.2, 0.25) is 0 Å². The van der Waals surface area contributed by atoms with Gasteiger partial charge < -0.3 is 20.7 Å². The van der Waals surface area contributed by atoms with Crippen LogP contribution in [0.2, 0.25) is 0 Å². The van der Waals surface area contributed by atoms with Crippen LogP contribution < -0.4 is 16.0 Å². The van der Waals surface area contributed by atoms with Gasteiger partial charge in [0.1, 0.15) is 6.61 Å². The van der Waals surface area contributed by atoms with E-state index in [0.717, 1.165) is 5.56 Å². The van der Waals surface area contributed by atoms with Crippen molar-refractivity contribution in [1.82, 2.24) is 16.0 Å². The zero-order valence-corrected chi connectivity index (χ0v) is 12.0. The molecule has 1 radical (unpaired) electrons. The quantitative estimate of drug-likeness (QED) is 0.691. The number of allylic oxidation sites excluding steroid dienone is 2. The summed E-state index contributed by atoms with van der Waals surface area (Å²) < 4.78 is 5.05. The topological polar surface area (TPSA) is 79.5 Å². The van der Waals surface area contributed by atoms with Crippen LogP contribution in [0.3, 0.4) is 0 Å². The molecular weight excluding hydrogens is 282 g/mol. The smallest absolute Gasteiger partial charge is 0.407 e. The minimum Gasteiger partial charge on any atom is -0.445 e. The first-order valence-corrected chi connectivity index (χ1v) is 6.95. The van der Waals surface area contributed by atoms with Crippen LogP contribution in [0.4, 0.5) is 4.79 Å². The number of carbonyl (C=O) groups excluding carboxylic acids is 2. The van der Waals surface area contributed by atoms with E-state index in [1.165, 1.54) is 0 Å². The maximum absolute atomic E-state index is 11.7. The maximum atomic E-state index is 11.7. The lowest BCUT2D eigenvalue weighted by Crippen LogP contribution is -2.39. The van der Waals surface area contributed by atoms with E-state index in [4.69, 9.17) is 4.74 Å². The van der Waals surface area contributed by atoms with Gasteiger partial charge in [-0.25, -0.2) is 4.79 Å². The van der Waals surface area contributed by atoms with Crippen LogP contribution in [0.1, 0.15) is 5.56 Å². The summed E-state index contributed by atoms with van der Waals surface area (Å²) in [5, 5.41) is 8.09. The molecule has 115 valence electrons. The number of alkyl carbamates (subject to hydrolysis) is 1. The second-order valence-electron chi connectivity index (χ2n) is 4.52. The van der Waals surface area contributed by atoms with Gasteiger partial charge in [-0.2, -0.15) is 0 Å².